The van der Waals surface area contributed by atoms with E-state index in [9.17, 15) is 4.79 Å². The van der Waals surface area contributed by atoms with Crippen LogP contribution in [0.4, 0.5) is 0 Å². The molecule has 4 nitrogen and oxygen atoms in total. The van der Waals surface area contributed by atoms with Crippen molar-refractivity contribution in [1.29, 1.82) is 0 Å². The second-order valence-corrected chi connectivity index (χ2v) is 4.87. The quantitative estimate of drug-likeness (QED) is 0.828. The van der Waals surface area contributed by atoms with Gasteiger partial charge in [0.1, 0.15) is 5.02 Å². The Hall–Kier alpha value is -1.29. The summed E-state index contributed by atoms with van der Waals surface area (Å²) >= 11 is 6.02. The van der Waals surface area contributed by atoms with Gasteiger partial charge in [0.05, 0.1) is 12.2 Å². The zero-order chi connectivity index (χ0) is 12.4. The van der Waals surface area contributed by atoms with Gasteiger partial charge in [-0.25, -0.2) is 4.98 Å². The summed E-state index contributed by atoms with van der Waals surface area (Å²) in [6.45, 7) is 0.660. The molecule has 92 valence electrons. The normalized spacial score (nSPS) is 14.5. The van der Waals surface area contributed by atoms with E-state index >= 15 is 0 Å². The van der Waals surface area contributed by atoms with Gasteiger partial charge in [-0.05, 0) is 24.8 Å². The van der Waals surface area contributed by atoms with E-state index in [2.05, 4.69) is 4.98 Å². The lowest BCUT2D eigenvalue weighted by Crippen LogP contribution is -2.21. The number of hydrogen-bond donors (Lipinski definition) is 0. The van der Waals surface area contributed by atoms with E-state index in [-0.39, 0.29) is 5.91 Å². The van der Waals surface area contributed by atoms with Crippen LogP contribution in [0, 0.1) is 5.92 Å². The minimum atomic E-state index is -0.117. The van der Waals surface area contributed by atoms with Crippen molar-refractivity contribution in [3.8, 4) is 5.88 Å². The van der Waals surface area contributed by atoms with Gasteiger partial charge in [0.2, 0.25) is 5.88 Å². The topological polar surface area (TPSA) is 42.4 Å². The largest absolute Gasteiger partial charge is 0.476 e. The van der Waals surface area contributed by atoms with Gasteiger partial charge in [-0.15, -0.1) is 0 Å². The van der Waals surface area contributed by atoms with Crippen molar-refractivity contribution >= 4 is 17.5 Å². The van der Waals surface area contributed by atoms with Crippen LogP contribution in [0.5, 0.6) is 5.88 Å². The third-order valence-electron chi connectivity index (χ3n) is 2.61. The lowest BCUT2D eigenvalue weighted by atomic mass is 10.2. The molecule has 1 fully saturated rings. The SMILES string of the molecule is CN(C)C(=O)c1cnc(OCC2CC2)c(Cl)c1. The van der Waals surface area contributed by atoms with Crippen molar-refractivity contribution < 1.29 is 9.53 Å². The fourth-order valence-corrected chi connectivity index (χ4v) is 1.61. The molecule has 1 aromatic rings. The van der Waals surface area contributed by atoms with Gasteiger partial charge in [-0.3, -0.25) is 4.79 Å². The third kappa shape index (κ3) is 3.09. The number of hydrogen-bond acceptors (Lipinski definition) is 3. The molecule has 0 saturated heterocycles. The number of carbonyl (C=O) groups excluding carboxylic acids is 1. The Labute approximate surface area is 106 Å². The highest BCUT2D eigenvalue weighted by molar-refractivity contribution is 6.32. The Morgan fingerprint density at radius 3 is 2.82 bits per heavy atom. The molecule has 1 aliphatic carbocycles. The minimum Gasteiger partial charge on any atom is -0.476 e. The zero-order valence-electron chi connectivity index (χ0n) is 9.94. The predicted octanol–water partition coefficient (Wildman–Crippen LogP) is 2.23. The van der Waals surface area contributed by atoms with Crippen LogP contribution in [0.25, 0.3) is 0 Å². The van der Waals surface area contributed by atoms with E-state index in [1.54, 1.807) is 20.2 Å². The Morgan fingerprint density at radius 2 is 2.29 bits per heavy atom. The number of amides is 1. The molecule has 1 aromatic heterocycles. The van der Waals surface area contributed by atoms with Crippen molar-refractivity contribution in [2.24, 2.45) is 5.92 Å². The molecule has 0 aliphatic heterocycles. The van der Waals surface area contributed by atoms with E-state index in [1.165, 1.54) is 23.9 Å². The summed E-state index contributed by atoms with van der Waals surface area (Å²) in [4.78, 5) is 17.2. The number of pyridine rings is 1. The molecule has 0 spiro atoms. The first-order valence-corrected chi connectivity index (χ1v) is 5.95. The minimum absolute atomic E-state index is 0.117. The molecule has 1 heterocycles. The van der Waals surface area contributed by atoms with Crippen molar-refractivity contribution in [3.05, 3.63) is 22.8 Å². The standard InChI is InChI=1S/C12H15ClN2O2/c1-15(2)12(16)9-5-10(13)11(14-6-9)17-7-8-3-4-8/h5-6,8H,3-4,7H2,1-2H3. The van der Waals surface area contributed by atoms with Gasteiger partial charge in [0.25, 0.3) is 5.91 Å². The Bertz CT molecular complexity index is 431. The molecule has 1 amide bonds. The first kappa shape index (κ1) is 12.2. The van der Waals surface area contributed by atoms with E-state index in [1.807, 2.05) is 0 Å². The maximum Gasteiger partial charge on any atom is 0.254 e. The van der Waals surface area contributed by atoms with Crippen LogP contribution < -0.4 is 4.74 Å². The van der Waals surface area contributed by atoms with Crippen LogP contribution in [0.3, 0.4) is 0 Å². The average molecular weight is 255 g/mol. The van der Waals surface area contributed by atoms with Crippen molar-refractivity contribution in [3.63, 3.8) is 0 Å². The molecular weight excluding hydrogens is 240 g/mol. The van der Waals surface area contributed by atoms with Crippen LogP contribution in [0.1, 0.15) is 23.2 Å². The van der Waals surface area contributed by atoms with Gasteiger partial charge in [0, 0.05) is 20.3 Å². The fourth-order valence-electron chi connectivity index (χ4n) is 1.39. The predicted molar refractivity (Wildman–Crippen MR) is 65.5 cm³/mol. The summed E-state index contributed by atoms with van der Waals surface area (Å²) < 4.78 is 5.49. The van der Waals surface area contributed by atoms with Crippen LogP contribution in [0.2, 0.25) is 5.02 Å². The molecule has 17 heavy (non-hydrogen) atoms. The number of aromatic nitrogens is 1. The molecule has 0 unspecified atom stereocenters. The summed E-state index contributed by atoms with van der Waals surface area (Å²) in [6.07, 6.45) is 3.93. The second-order valence-electron chi connectivity index (χ2n) is 4.46. The van der Waals surface area contributed by atoms with Gasteiger partial charge in [-0.2, -0.15) is 0 Å². The molecule has 0 radical (unpaired) electrons. The van der Waals surface area contributed by atoms with Crippen LogP contribution in [0.15, 0.2) is 12.3 Å². The van der Waals surface area contributed by atoms with Crippen LogP contribution >= 0.6 is 11.6 Å². The number of rotatable bonds is 4. The lowest BCUT2D eigenvalue weighted by molar-refractivity contribution is 0.0827. The van der Waals surface area contributed by atoms with E-state index in [4.69, 9.17) is 16.3 Å². The first-order chi connectivity index (χ1) is 8.08. The van der Waals surface area contributed by atoms with Crippen molar-refractivity contribution in [2.45, 2.75) is 12.8 Å². The Morgan fingerprint density at radius 1 is 1.59 bits per heavy atom. The molecule has 0 bridgehead atoms. The molecule has 0 N–H and O–H groups in total. The number of nitrogens with zero attached hydrogens (tertiary/aromatic N) is 2. The van der Waals surface area contributed by atoms with Crippen molar-refractivity contribution in [2.75, 3.05) is 20.7 Å². The smallest absolute Gasteiger partial charge is 0.254 e. The summed E-state index contributed by atoms with van der Waals surface area (Å²) in [5.74, 6) is 0.943. The number of carbonyl (C=O) groups is 1. The summed E-state index contributed by atoms with van der Waals surface area (Å²) in [6, 6.07) is 1.60. The van der Waals surface area contributed by atoms with Crippen LogP contribution in [-0.2, 0) is 0 Å². The first-order valence-electron chi connectivity index (χ1n) is 5.58. The molecule has 0 atom stereocenters. The average Bonchev–Trinajstić information content (AvgIpc) is 3.10. The van der Waals surface area contributed by atoms with E-state index in [0.717, 1.165) is 0 Å². The molecule has 1 saturated carbocycles. The van der Waals surface area contributed by atoms with E-state index < -0.39 is 0 Å². The zero-order valence-corrected chi connectivity index (χ0v) is 10.7. The molecule has 1 aliphatic rings. The molecular formula is C12H15ClN2O2. The number of halogens is 1. The van der Waals surface area contributed by atoms with Gasteiger partial charge < -0.3 is 9.64 Å². The molecule has 5 heteroatoms. The maximum atomic E-state index is 11.7. The maximum absolute atomic E-state index is 11.7. The van der Waals surface area contributed by atoms with Gasteiger partial charge in [0.15, 0.2) is 0 Å². The number of ether oxygens (including phenoxy) is 1. The highest BCUT2D eigenvalue weighted by atomic mass is 35.5. The third-order valence-corrected chi connectivity index (χ3v) is 2.88. The Balaban J connectivity index is 2.07. The summed E-state index contributed by atoms with van der Waals surface area (Å²) in [5, 5.41) is 0.387. The Kier molecular flexibility index (Phi) is 3.52. The highest BCUT2D eigenvalue weighted by Gasteiger charge is 2.22. The lowest BCUT2D eigenvalue weighted by Gasteiger charge is -2.11. The van der Waals surface area contributed by atoms with E-state index in [0.29, 0.717) is 29.0 Å². The fraction of sp³-hybridized carbons (Fsp3) is 0.500. The monoisotopic (exact) mass is 254 g/mol. The molecule has 2 rings (SSSR count). The van der Waals surface area contributed by atoms with Crippen LogP contribution in [-0.4, -0.2) is 36.5 Å². The van der Waals surface area contributed by atoms with Gasteiger partial charge in [-0.1, -0.05) is 11.6 Å². The molecule has 0 aromatic carbocycles. The van der Waals surface area contributed by atoms with Crippen molar-refractivity contribution in [1.82, 2.24) is 9.88 Å². The summed E-state index contributed by atoms with van der Waals surface area (Å²) in [5.41, 5.74) is 0.471. The highest BCUT2D eigenvalue weighted by Crippen LogP contribution is 2.31. The second kappa shape index (κ2) is 4.92. The van der Waals surface area contributed by atoms with Gasteiger partial charge >= 0.3 is 0 Å². The summed E-state index contributed by atoms with van der Waals surface area (Å²) in [7, 11) is 3.38.